The van der Waals surface area contributed by atoms with Crippen LogP contribution in [-0.4, -0.2) is 28.7 Å². The lowest BCUT2D eigenvalue weighted by Crippen LogP contribution is -2.28. The van der Waals surface area contributed by atoms with E-state index in [2.05, 4.69) is 15.2 Å². The van der Waals surface area contributed by atoms with Crippen molar-refractivity contribution in [3.63, 3.8) is 0 Å². The first kappa shape index (κ1) is 12.8. The Balaban J connectivity index is 2.20. The molecule has 22 heavy (non-hydrogen) atoms. The van der Waals surface area contributed by atoms with Crippen molar-refractivity contribution in [3.8, 4) is 11.6 Å². The molecule has 4 rings (SSSR count). The highest BCUT2D eigenvalue weighted by Gasteiger charge is 2.20. The molecule has 0 aromatic carbocycles. The van der Waals surface area contributed by atoms with Gasteiger partial charge in [0.05, 0.1) is 12.6 Å². The molecule has 0 unspecified atom stereocenters. The van der Waals surface area contributed by atoms with Crippen molar-refractivity contribution < 1.29 is 4.42 Å². The number of aromatic nitrogens is 6. The van der Waals surface area contributed by atoms with E-state index >= 15 is 0 Å². The second-order valence-electron chi connectivity index (χ2n) is 5.12. The first-order valence-electron chi connectivity index (χ1n) is 7.05. The van der Waals surface area contributed by atoms with E-state index in [-0.39, 0.29) is 5.69 Å². The summed E-state index contributed by atoms with van der Waals surface area (Å²) >= 11 is 0. The van der Waals surface area contributed by atoms with Gasteiger partial charge in [-0.25, -0.2) is 14.2 Å². The molecule has 0 N–H and O–H groups in total. The molecule has 4 heterocycles. The van der Waals surface area contributed by atoms with Gasteiger partial charge in [-0.05, 0) is 18.6 Å². The molecule has 0 aliphatic heterocycles. The van der Waals surface area contributed by atoms with E-state index in [0.29, 0.717) is 29.4 Å². The monoisotopic (exact) mass is 298 g/mol. The van der Waals surface area contributed by atoms with Crippen LogP contribution in [0.4, 0.5) is 0 Å². The van der Waals surface area contributed by atoms with E-state index in [0.717, 1.165) is 11.9 Å². The lowest BCUT2D eigenvalue weighted by molar-refractivity contribution is 0.574. The first-order chi connectivity index (χ1) is 10.7. The third-order valence-electron chi connectivity index (χ3n) is 3.66. The summed E-state index contributed by atoms with van der Waals surface area (Å²) in [6, 6.07) is 3.51. The van der Waals surface area contributed by atoms with Crippen LogP contribution in [-0.2, 0) is 13.6 Å². The van der Waals surface area contributed by atoms with Crippen molar-refractivity contribution in [2.24, 2.45) is 7.05 Å². The normalized spacial score (nSPS) is 11.7. The summed E-state index contributed by atoms with van der Waals surface area (Å²) in [5.74, 6) is 0.909. The molecule has 112 valence electrons. The van der Waals surface area contributed by atoms with Crippen molar-refractivity contribution in [2.45, 2.75) is 19.9 Å². The van der Waals surface area contributed by atoms with Crippen LogP contribution in [0.25, 0.3) is 28.4 Å². The van der Waals surface area contributed by atoms with Gasteiger partial charge >= 0.3 is 5.69 Å². The van der Waals surface area contributed by atoms with Crippen LogP contribution < -0.4 is 5.69 Å². The minimum absolute atomic E-state index is 0.209. The number of furan rings is 1. The minimum Gasteiger partial charge on any atom is -0.461 e. The number of aryl methyl sites for hydroxylation is 2. The average Bonchev–Trinajstić information content (AvgIpc) is 3.21. The molecule has 0 saturated heterocycles. The van der Waals surface area contributed by atoms with Crippen LogP contribution in [0.3, 0.4) is 0 Å². The molecule has 0 aliphatic rings. The maximum absolute atomic E-state index is 12.9. The molecule has 4 aromatic rings. The lowest BCUT2D eigenvalue weighted by atomic mass is 10.4. The summed E-state index contributed by atoms with van der Waals surface area (Å²) in [7, 11) is 1.87. The number of hydrogen-bond acceptors (Lipinski definition) is 5. The van der Waals surface area contributed by atoms with Crippen LogP contribution in [0.1, 0.15) is 13.3 Å². The Morgan fingerprint density at radius 1 is 1.27 bits per heavy atom. The first-order valence-corrected chi connectivity index (χ1v) is 7.05. The molecule has 0 amide bonds. The number of hydrogen-bond donors (Lipinski definition) is 0. The zero-order valence-electron chi connectivity index (χ0n) is 12.2. The Hall–Kier alpha value is -2.90. The smallest absolute Gasteiger partial charge is 0.337 e. The van der Waals surface area contributed by atoms with Gasteiger partial charge in [-0.15, -0.1) is 10.2 Å². The summed E-state index contributed by atoms with van der Waals surface area (Å²) in [6.07, 6.45) is 4.05. The van der Waals surface area contributed by atoms with Gasteiger partial charge in [-0.1, -0.05) is 6.92 Å². The fourth-order valence-corrected chi connectivity index (χ4v) is 2.69. The van der Waals surface area contributed by atoms with Gasteiger partial charge in [0, 0.05) is 13.6 Å². The highest BCUT2D eigenvalue weighted by molar-refractivity contribution is 5.86. The minimum atomic E-state index is -0.209. The molecule has 0 atom stereocenters. The number of imidazole rings is 1. The summed E-state index contributed by atoms with van der Waals surface area (Å²) in [4.78, 5) is 17.2. The molecule has 4 aromatic heterocycles. The van der Waals surface area contributed by atoms with Crippen molar-refractivity contribution in [3.05, 3.63) is 35.2 Å². The molecule has 0 saturated carbocycles. The Kier molecular flexibility index (Phi) is 2.65. The predicted octanol–water partition coefficient (Wildman–Crippen LogP) is 1.45. The second-order valence-corrected chi connectivity index (χ2v) is 5.12. The van der Waals surface area contributed by atoms with Crippen molar-refractivity contribution in [1.29, 1.82) is 0 Å². The highest BCUT2D eigenvalue weighted by atomic mass is 16.3. The summed E-state index contributed by atoms with van der Waals surface area (Å²) < 4.78 is 10.4. The van der Waals surface area contributed by atoms with E-state index in [9.17, 15) is 4.79 Å². The third kappa shape index (κ3) is 1.57. The predicted molar refractivity (Wildman–Crippen MR) is 79.5 cm³/mol. The molecule has 0 aliphatic carbocycles. The van der Waals surface area contributed by atoms with Crippen LogP contribution in [0.5, 0.6) is 0 Å². The number of rotatable bonds is 3. The van der Waals surface area contributed by atoms with E-state index in [1.54, 1.807) is 29.3 Å². The topological polar surface area (TPSA) is 83.2 Å². The highest BCUT2D eigenvalue weighted by Crippen LogP contribution is 2.21. The van der Waals surface area contributed by atoms with Crippen LogP contribution >= 0.6 is 0 Å². The fourth-order valence-electron chi connectivity index (χ4n) is 2.69. The standard InChI is InChI=1S/C14H14N6O2/c1-3-6-19-12-10(18(2)8-15-12)13-17-16-11(20(13)14(19)21)9-5-4-7-22-9/h4-5,7-8H,3,6H2,1-2H3. The van der Waals surface area contributed by atoms with Crippen LogP contribution in [0.2, 0.25) is 0 Å². The van der Waals surface area contributed by atoms with Crippen molar-refractivity contribution in [1.82, 2.24) is 28.7 Å². The van der Waals surface area contributed by atoms with E-state index in [1.165, 1.54) is 4.40 Å². The zero-order chi connectivity index (χ0) is 15.3. The fraction of sp³-hybridized carbons (Fsp3) is 0.286. The average molecular weight is 298 g/mol. The quantitative estimate of drug-likeness (QED) is 0.571. The Bertz CT molecular complexity index is 1020. The second kappa shape index (κ2) is 4.55. The summed E-state index contributed by atoms with van der Waals surface area (Å²) in [6.45, 7) is 2.60. The molecule has 0 fully saturated rings. The molecular formula is C14H14N6O2. The van der Waals surface area contributed by atoms with E-state index < -0.39 is 0 Å². The zero-order valence-corrected chi connectivity index (χ0v) is 12.2. The van der Waals surface area contributed by atoms with Crippen LogP contribution in [0, 0.1) is 0 Å². The molecule has 0 radical (unpaired) electrons. The van der Waals surface area contributed by atoms with E-state index in [4.69, 9.17) is 4.42 Å². The van der Waals surface area contributed by atoms with Gasteiger partial charge in [-0.2, -0.15) is 0 Å². The summed E-state index contributed by atoms with van der Waals surface area (Å²) in [5.41, 5.74) is 1.68. The number of fused-ring (bicyclic) bond motifs is 3. The molecule has 8 nitrogen and oxygen atoms in total. The van der Waals surface area contributed by atoms with Gasteiger partial charge in [0.1, 0.15) is 5.52 Å². The van der Waals surface area contributed by atoms with Gasteiger partial charge in [0.2, 0.25) is 5.82 Å². The Morgan fingerprint density at radius 2 is 2.14 bits per heavy atom. The lowest BCUT2D eigenvalue weighted by Gasteiger charge is -2.07. The molecular weight excluding hydrogens is 284 g/mol. The Morgan fingerprint density at radius 3 is 2.86 bits per heavy atom. The van der Waals surface area contributed by atoms with Gasteiger partial charge in [-0.3, -0.25) is 4.57 Å². The third-order valence-corrected chi connectivity index (χ3v) is 3.66. The van der Waals surface area contributed by atoms with Crippen LogP contribution in [0.15, 0.2) is 33.9 Å². The largest absolute Gasteiger partial charge is 0.461 e. The van der Waals surface area contributed by atoms with Gasteiger partial charge < -0.3 is 8.98 Å². The Labute approximate surface area is 124 Å². The summed E-state index contributed by atoms with van der Waals surface area (Å²) in [5, 5.41) is 8.31. The molecule has 0 bridgehead atoms. The molecule has 0 spiro atoms. The number of nitrogens with zero attached hydrogens (tertiary/aromatic N) is 6. The maximum atomic E-state index is 12.9. The van der Waals surface area contributed by atoms with Gasteiger partial charge in [0.25, 0.3) is 0 Å². The SMILES string of the molecule is CCCn1c(=O)n2c(-c3ccco3)nnc2c2c1ncn2C. The molecule has 8 heteroatoms. The van der Waals surface area contributed by atoms with Crippen molar-refractivity contribution >= 4 is 16.8 Å². The van der Waals surface area contributed by atoms with Crippen molar-refractivity contribution in [2.75, 3.05) is 0 Å². The van der Waals surface area contributed by atoms with Gasteiger partial charge in [0.15, 0.2) is 17.1 Å². The maximum Gasteiger partial charge on any atom is 0.337 e. The van der Waals surface area contributed by atoms with E-state index in [1.807, 2.05) is 18.5 Å².